The number of nitrogens with zero attached hydrogens (tertiary/aromatic N) is 2. The summed E-state index contributed by atoms with van der Waals surface area (Å²) >= 11 is 0. The monoisotopic (exact) mass is 428 g/mol. The molecule has 1 aromatic rings. The zero-order valence-corrected chi connectivity index (χ0v) is 15.7. The second-order valence-corrected chi connectivity index (χ2v) is 6.16. The van der Waals surface area contributed by atoms with Gasteiger partial charge >= 0.3 is 0 Å². The zero-order valence-electron chi connectivity index (χ0n) is 13.3. The van der Waals surface area contributed by atoms with E-state index in [1.54, 1.807) is 0 Å². The molecular weight excluding hydrogens is 403 g/mol. The number of carbonyl (C=O) groups excluding carboxylic acids is 1. The largest absolute Gasteiger partial charge is 0.370 e. The summed E-state index contributed by atoms with van der Waals surface area (Å²) in [5, 5.41) is 3.21. The van der Waals surface area contributed by atoms with Gasteiger partial charge in [0.15, 0.2) is 5.96 Å². The molecule has 2 aliphatic rings. The van der Waals surface area contributed by atoms with Crippen molar-refractivity contribution in [2.45, 2.75) is 44.7 Å². The average Bonchev–Trinajstić information content (AvgIpc) is 3.05. The minimum Gasteiger partial charge on any atom is -0.370 e. The van der Waals surface area contributed by atoms with E-state index in [0.717, 1.165) is 25.8 Å². The molecule has 0 bridgehead atoms. The third-order valence-electron chi connectivity index (χ3n) is 4.58. The highest BCUT2D eigenvalue weighted by Gasteiger charge is 2.20. The lowest BCUT2D eigenvalue weighted by Crippen LogP contribution is -2.41. The molecule has 0 atom stereocenters. The number of nitrogens with one attached hydrogen (secondary N) is 1. The van der Waals surface area contributed by atoms with Gasteiger partial charge < -0.3 is 16.0 Å². The Kier molecular flexibility index (Phi) is 6.68. The maximum absolute atomic E-state index is 12.3. The number of benzene rings is 1. The van der Waals surface area contributed by atoms with E-state index in [9.17, 15) is 4.79 Å². The molecule has 23 heavy (non-hydrogen) atoms. The highest BCUT2D eigenvalue weighted by Crippen LogP contribution is 2.19. The fourth-order valence-electron chi connectivity index (χ4n) is 3.29. The predicted octanol–water partition coefficient (Wildman–Crippen LogP) is 2.04. The quantitative estimate of drug-likeness (QED) is 0.440. The molecule has 1 amide bonds. The second-order valence-electron chi connectivity index (χ2n) is 6.16. The second kappa shape index (κ2) is 8.52. The number of aliphatic imine (C=N–C) groups is 1. The molecule has 1 saturated carbocycles. The number of amides is 1. The lowest BCUT2D eigenvalue weighted by atomic mass is 10.00. The molecule has 1 heterocycles. The lowest BCUT2D eigenvalue weighted by Gasteiger charge is -2.28. The van der Waals surface area contributed by atoms with Gasteiger partial charge in [0, 0.05) is 19.1 Å². The number of halogens is 1. The van der Waals surface area contributed by atoms with E-state index in [2.05, 4.69) is 28.5 Å². The maximum atomic E-state index is 12.3. The van der Waals surface area contributed by atoms with E-state index in [1.165, 1.54) is 24.0 Å². The Morgan fingerprint density at radius 3 is 2.70 bits per heavy atom. The summed E-state index contributed by atoms with van der Waals surface area (Å²) in [6, 6.07) is 8.73. The molecule has 6 heteroatoms. The van der Waals surface area contributed by atoms with E-state index >= 15 is 0 Å². The van der Waals surface area contributed by atoms with Crippen molar-refractivity contribution in [2.75, 3.05) is 13.1 Å². The predicted molar refractivity (Wildman–Crippen MR) is 103 cm³/mol. The normalized spacial score (nSPS) is 18.3. The number of nitrogens with two attached hydrogens (primary N) is 1. The lowest BCUT2D eigenvalue weighted by molar-refractivity contribution is -0.130. The van der Waals surface area contributed by atoms with E-state index in [1.807, 2.05) is 11.0 Å². The Balaban J connectivity index is 0.00000192. The summed E-state index contributed by atoms with van der Waals surface area (Å²) in [5.41, 5.74) is 8.46. The Labute approximate surface area is 154 Å². The number of guanidine groups is 1. The van der Waals surface area contributed by atoms with E-state index in [0.29, 0.717) is 18.5 Å². The summed E-state index contributed by atoms with van der Waals surface area (Å²) < 4.78 is 0. The van der Waals surface area contributed by atoms with Crippen molar-refractivity contribution >= 4 is 35.8 Å². The molecule has 3 N–H and O–H groups in total. The van der Waals surface area contributed by atoms with Crippen molar-refractivity contribution in [3.63, 3.8) is 0 Å². The molecule has 0 saturated heterocycles. The molecule has 0 radical (unpaired) electrons. The Morgan fingerprint density at radius 2 is 1.96 bits per heavy atom. The molecule has 1 aliphatic heterocycles. The van der Waals surface area contributed by atoms with Crippen molar-refractivity contribution in [1.29, 1.82) is 0 Å². The molecule has 126 valence electrons. The number of hydrogen-bond acceptors (Lipinski definition) is 2. The number of carbonyl (C=O) groups is 1. The smallest absolute Gasteiger partial charge is 0.244 e. The third kappa shape index (κ3) is 4.83. The van der Waals surface area contributed by atoms with Crippen LogP contribution in [0.3, 0.4) is 0 Å². The van der Waals surface area contributed by atoms with Gasteiger partial charge in [-0.05, 0) is 30.4 Å². The summed E-state index contributed by atoms with van der Waals surface area (Å²) in [6.45, 7) is 1.58. The third-order valence-corrected chi connectivity index (χ3v) is 4.58. The highest BCUT2D eigenvalue weighted by atomic mass is 127. The number of fused-ring (bicyclic) bond motifs is 1. The number of rotatable bonds is 3. The van der Waals surface area contributed by atoms with Crippen LogP contribution in [0.25, 0.3) is 0 Å². The minimum absolute atomic E-state index is 0. The van der Waals surface area contributed by atoms with Crippen LogP contribution in [0, 0.1) is 0 Å². The first-order chi connectivity index (χ1) is 10.7. The van der Waals surface area contributed by atoms with Crippen molar-refractivity contribution in [3.05, 3.63) is 35.4 Å². The first kappa shape index (κ1) is 18.0. The van der Waals surface area contributed by atoms with Crippen LogP contribution < -0.4 is 11.1 Å². The SMILES string of the molecule is I.NC(=NCC(=O)N1CCc2ccccc2C1)NC1CCCC1. The van der Waals surface area contributed by atoms with Gasteiger partial charge in [-0.3, -0.25) is 4.79 Å². The molecule has 0 unspecified atom stereocenters. The molecule has 5 nitrogen and oxygen atoms in total. The average molecular weight is 428 g/mol. The van der Waals surface area contributed by atoms with Crippen molar-refractivity contribution < 1.29 is 4.79 Å². The van der Waals surface area contributed by atoms with Gasteiger partial charge in [0.25, 0.3) is 0 Å². The number of hydrogen-bond donors (Lipinski definition) is 2. The van der Waals surface area contributed by atoms with Gasteiger partial charge in [0.2, 0.25) is 5.91 Å². The van der Waals surface area contributed by atoms with Crippen LogP contribution in [0.1, 0.15) is 36.8 Å². The minimum atomic E-state index is 0. The summed E-state index contributed by atoms with van der Waals surface area (Å²) in [6.07, 6.45) is 5.70. The molecule has 1 aromatic carbocycles. The van der Waals surface area contributed by atoms with Crippen molar-refractivity contribution in [3.8, 4) is 0 Å². The van der Waals surface area contributed by atoms with Gasteiger partial charge in [-0.25, -0.2) is 4.99 Å². The van der Waals surface area contributed by atoms with Gasteiger partial charge in [-0.15, -0.1) is 24.0 Å². The van der Waals surface area contributed by atoms with Crippen LogP contribution in [0.2, 0.25) is 0 Å². The standard InChI is InChI=1S/C17H24N4O.HI/c18-17(20-15-7-3-4-8-15)19-11-16(22)21-10-9-13-5-1-2-6-14(13)12-21;/h1-2,5-6,15H,3-4,7-12H2,(H3,18,19,20);1H. The van der Waals surface area contributed by atoms with Crippen LogP contribution in [-0.4, -0.2) is 35.9 Å². The van der Waals surface area contributed by atoms with Gasteiger partial charge in [-0.1, -0.05) is 37.1 Å². The molecule has 1 fully saturated rings. The van der Waals surface area contributed by atoms with Crippen LogP contribution in [0.5, 0.6) is 0 Å². The van der Waals surface area contributed by atoms with E-state index in [4.69, 9.17) is 5.73 Å². The van der Waals surface area contributed by atoms with Crippen LogP contribution >= 0.6 is 24.0 Å². The van der Waals surface area contributed by atoms with Crippen LogP contribution in [-0.2, 0) is 17.8 Å². The van der Waals surface area contributed by atoms with Gasteiger partial charge in [0.05, 0.1) is 0 Å². The zero-order chi connectivity index (χ0) is 15.4. The Morgan fingerprint density at radius 1 is 1.26 bits per heavy atom. The summed E-state index contributed by atoms with van der Waals surface area (Å²) in [7, 11) is 0. The van der Waals surface area contributed by atoms with Crippen molar-refractivity contribution in [2.24, 2.45) is 10.7 Å². The fraction of sp³-hybridized carbons (Fsp3) is 0.529. The Hall–Kier alpha value is -1.31. The topological polar surface area (TPSA) is 70.7 Å². The first-order valence-electron chi connectivity index (χ1n) is 8.13. The Bertz CT molecular complexity index is 569. The molecule has 0 spiro atoms. The first-order valence-corrected chi connectivity index (χ1v) is 8.13. The highest BCUT2D eigenvalue weighted by molar-refractivity contribution is 14.0. The summed E-state index contributed by atoms with van der Waals surface area (Å²) in [5.74, 6) is 0.448. The molecule has 0 aromatic heterocycles. The van der Waals surface area contributed by atoms with E-state index in [-0.39, 0.29) is 36.4 Å². The molecule has 1 aliphatic carbocycles. The fourth-order valence-corrected chi connectivity index (χ4v) is 3.29. The van der Waals surface area contributed by atoms with E-state index < -0.39 is 0 Å². The van der Waals surface area contributed by atoms with Crippen LogP contribution in [0.15, 0.2) is 29.3 Å². The van der Waals surface area contributed by atoms with Gasteiger partial charge in [0.1, 0.15) is 6.54 Å². The van der Waals surface area contributed by atoms with Crippen LogP contribution in [0.4, 0.5) is 0 Å². The maximum Gasteiger partial charge on any atom is 0.244 e. The summed E-state index contributed by atoms with van der Waals surface area (Å²) in [4.78, 5) is 18.4. The van der Waals surface area contributed by atoms with Gasteiger partial charge in [-0.2, -0.15) is 0 Å². The molecular formula is C17H25IN4O. The molecule has 3 rings (SSSR count). The van der Waals surface area contributed by atoms with Crippen molar-refractivity contribution in [1.82, 2.24) is 10.2 Å².